The van der Waals surface area contributed by atoms with Crippen LogP contribution in [-0.4, -0.2) is 30.9 Å². The molecule has 1 heterocycles. The second-order valence-electron chi connectivity index (χ2n) is 6.56. The highest BCUT2D eigenvalue weighted by atomic mass is 16.7. The molecule has 7 heteroatoms. The monoisotopic (exact) mass is 385 g/mol. The minimum Gasteiger partial charge on any atom is -0.479 e. The van der Waals surface area contributed by atoms with Crippen molar-refractivity contribution in [1.29, 1.82) is 0 Å². The van der Waals surface area contributed by atoms with Gasteiger partial charge in [-0.3, -0.25) is 4.79 Å². The summed E-state index contributed by atoms with van der Waals surface area (Å²) in [4.78, 5) is 24.4. The molecule has 28 heavy (non-hydrogen) atoms. The first-order valence-corrected chi connectivity index (χ1v) is 9.02. The SMILES string of the molecule is Cc1cccc(O[C@@H](C)C(=O)O[C@H](C)C(=O)NCc2ccc3c(c2)OCO3)c1. The maximum absolute atomic E-state index is 12.2. The molecular formula is C21H23NO6. The van der Waals surface area contributed by atoms with E-state index in [1.807, 2.05) is 31.2 Å². The van der Waals surface area contributed by atoms with Gasteiger partial charge >= 0.3 is 5.97 Å². The zero-order valence-corrected chi connectivity index (χ0v) is 16.1. The number of aryl methyl sites for hydroxylation is 1. The van der Waals surface area contributed by atoms with E-state index in [1.165, 1.54) is 6.92 Å². The van der Waals surface area contributed by atoms with Crippen molar-refractivity contribution in [2.24, 2.45) is 0 Å². The van der Waals surface area contributed by atoms with Gasteiger partial charge in [-0.25, -0.2) is 4.79 Å². The van der Waals surface area contributed by atoms with E-state index >= 15 is 0 Å². The highest BCUT2D eigenvalue weighted by Gasteiger charge is 2.23. The fourth-order valence-electron chi connectivity index (χ4n) is 2.65. The topological polar surface area (TPSA) is 83.1 Å². The van der Waals surface area contributed by atoms with E-state index in [4.69, 9.17) is 18.9 Å². The lowest BCUT2D eigenvalue weighted by Gasteiger charge is -2.18. The Morgan fingerprint density at radius 2 is 1.86 bits per heavy atom. The summed E-state index contributed by atoms with van der Waals surface area (Å²) in [7, 11) is 0. The van der Waals surface area contributed by atoms with Gasteiger partial charge < -0.3 is 24.3 Å². The van der Waals surface area contributed by atoms with E-state index in [9.17, 15) is 9.59 Å². The largest absolute Gasteiger partial charge is 0.479 e. The predicted molar refractivity (Wildman–Crippen MR) is 101 cm³/mol. The van der Waals surface area contributed by atoms with Gasteiger partial charge in [0.15, 0.2) is 23.7 Å². The molecular weight excluding hydrogens is 362 g/mol. The average Bonchev–Trinajstić information content (AvgIpc) is 3.13. The Labute approximate surface area is 163 Å². The van der Waals surface area contributed by atoms with Gasteiger partial charge in [0.1, 0.15) is 5.75 Å². The highest BCUT2D eigenvalue weighted by Crippen LogP contribution is 2.32. The Kier molecular flexibility index (Phi) is 6.03. The lowest BCUT2D eigenvalue weighted by Crippen LogP contribution is -2.38. The third kappa shape index (κ3) is 4.94. The van der Waals surface area contributed by atoms with Gasteiger partial charge in [-0.05, 0) is 56.2 Å². The standard InChI is InChI=1S/C21H23NO6/c1-13-5-4-6-17(9-13)27-15(3)21(24)28-14(2)20(23)22-11-16-7-8-18-19(10-16)26-12-25-18/h4-10,14-15H,11-12H2,1-3H3,(H,22,23)/t14-,15+/m1/s1. The van der Waals surface area contributed by atoms with Crippen molar-refractivity contribution < 1.29 is 28.5 Å². The van der Waals surface area contributed by atoms with Crippen molar-refractivity contribution in [3.63, 3.8) is 0 Å². The zero-order chi connectivity index (χ0) is 20.1. The Morgan fingerprint density at radius 3 is 2.64 bits per heavy atom. The first kappa shape index (κ1) is 19.5. The van der Waals surface area contributed by atoms with E-state index in [0.717, 1.165) is 11.1 Å². The molecule has 0 bridgehead atoms. The van der Waals surface area contributed by atoms with Crippen LogP contribution in [0.4, 0.5) is 0 Å². The number of fused-ring (bicyclic) bond motifs is 1. The smallest absolute Gasteiger partial charge is 0.347 e. The Balaban J connectivity index is 1.47. The second-order valence-corrected chi connectivity index (χ2v) is 6.56. The lowest BCUT2D eigenvalue weighted by molar-refractivity contribution is -0.160. The van der Waals surface area contributed by atoms with Crippen LogP contribution in [0, 0.1) is 6.92 Å². The van der Waals surface area contributed by atoms with Crippen LogP contribution in [-0.2, 0) is 20.9 Å². The second kappa shape index (κ2) is 8.65. The van der Waals surface area contributed by atoms with Crippen LogP contribution in [0.3, 0.4) is 0 Å². The number of carbonyl (C=O) groups excluding carboxylic acids is 2. The molecule has 148 valence electrons. The molecule has 1 N–H and O–H groups in total. The molecule has 0 aromatic heterocycles. The number of hydrogen-bond acceptors (Lipinski definition) is 6. The van der Waals surface area contributed by atoms with Gasteiger partial charge in [-0.1, -0.05) is 18.2 Å². The summed E-state index contributed by atoms with van der Waals surface area (Å²) < 4.78 is 21.4. The van der Waals surface area contributed by atoms with Gasteiger partial charge in [0.25, 0.3) is 5.91 Å². The van der Waals surface area contributed by atoms with Crippen LogP contribution in [0.1, 0.15) is 25.0 Å². The fourth-order valence-corrected chi connectivity index (χ4v) is 2.65. The van der Waals surface area contributed by atoms with E-state index < -0.39 is 24.1 Å². The number of hydrogen-bond donors (Lipinski definition) is 1. The van der Waals surface area contributed by atoms with Gasteiger partial charge in [0.2, 0.25) is 6.79 Å². The van der Waals surface area contributed by atoms with Crippen LogP contribution < -0.4 is 19.5 Å². The van der Waals surface area contributed by atoms with Crippen LogP contribution in [0.15, 0.2) is 42.5 Å². The van der Waals surface area contributed by atoms with Gasteiger partial charge in [0.05, 0.1) is 0 Å². The zero-order valence-electron chi connectivity index (χ0n) is 16.1. The maximum atomic E-state index is 12.2. The summed E-state index contributed by atoms with van der Waals surface area (Å²) in [5.41, 5.74) is 1.88. The number of carbonyl (C=O) groups is 2. The number of rotatable bonds is 7. The molecule has 0 aliphatic carbocycles. The first-order valence-electron chi connectivity index (χ1n) is 9.02. The summed E-state index contributed by atoms with van der Waals surface area (Å²) in [6.45, 7) is 5.52. The fraction of sp³-hybridized carbons (Fsp3) is 0.333. The minimum atomic E-state index is -0.940. The maximum Gasteiger partial charge on any atom is 0.347 e. The number of nitrogens with one attached hydrogen (secondary N) is 1. The predicted octanol–water partition coefficient (Wildman–Crippen LogP) is 2.74. The van der Waals surface area contributed by atoms with Crippen molar-refractivity contribution in [2.45, 2.75) is 39.5 Å². The Hall–Kier alpha value is -3.22. The summed E-state index contributed by atoms with van der Waals surface area (Å²) in [6, 6.07) is 12.8. The molecule has 2 aromatic carbocycles. The molecule has 3 rings (SSSR count). The number of amides is 1. The molecule has 0 spiro atoms. The van der Waals surface area contributed by atoms with E-state index in [0.29, 0.717) is 17.2 Å². The molecule has 1 aliphatic rings. The van der Waals surface area contributed by atoms with Gasteiger partial charge in [-0.2, -0.15) is 0 Å². The Morgan fingerprint density at radius 1 is 1.07 bits per heavy atom. The van der Waals surface area contributed by atoms with Crippen molar-refractivity contribution in [3.05, 3.63) is 53.6 Å². The summed E-state index contributed by atoms with van der Waals surface area (Å²) in [6.07, 6.45) is -1.77. The van der Waals surface area contributed by atoms with E-state index in [1.54, 1.807) is 25.1 Å². The third-order valence-corrected chi connectivity index (χ3v) is 4.20. The van der Waals surface area contributed by atoms with E-state index in [2.05, 4.69) is 5.32 Å². The molecule has 2 aromatic rings. The van der Waals surface area contributed by atoms with Crippen molar-refractivity contribution in [2.75, 3.05) is 6.79 Å². The van der Waals surface area contributed by atoms with Gasteiger partial charge in [0, 0.05) is 6.54 Å². The molecule has 2 atom stereocenters. The first-order chi connectivity index (χ1) is 13.4. The highest BCUT2D eigenvalue weighted by molar-refractivity contribution is 5.84. The number of esters is 1. The molecule has 1 amide bonds. The normalized spacial score (nSPS) is 14.1. The quantitative estimate of drug-likeness (QED) is 0.738. The number of benzene rings is 2. The summed E-state index contributed by atoms with van der Waals surface area (Å²) >= 11 is 0. The van der Waals surface area contributed by atoms with Crippen LogP contribution >= 0.6 is 0 Å². The Bertz CT molecular complexity index is 866. The van der Waals surface area contributed by atoms with Crippen molar-refractivity contribution in [1.82, 2.24) is 5.32 Å². The minimum absolute atomic E-state index is 0.195. The number of ether oxygens (including phenoxy) is 4. The van der Waals surface area contributed by atoms with Crippen LogP contribution in [0.25, 0.3) is 0 Å². The molecule has 0 fully saturated rings. The average molecular weight is 385 g/mol. The van der Waals surface area contributed by atoms with E-state index in [-0.39, 0.29) is 13.3 Å². The summed E-state index contributed by atoms with van der Waals surface area (Å²) in [5, 5.41) is 2.74. The molecule has 0 saturated heterocycles. The molecule has 7 nitrogen and oxygen atoms in total. The molecule has 0 unspecified atom stereocenters. The third-order valence-electron chi connectivity index (χ3n) is 4.20. The van der Waals surface area contributed by atoms with Gasteiger partial charge in [-0.15, -0.1) is 0 Å². The molecule has 1 aliphatic heterocycles. The van der Waals surface area contributed by atoms with Crippen LogP contribution in [0.2, 0.25) is 0 Å². The summed E-state index contributed by atoms with van der Waals surface area (Å²) in [5.74, 6) is 0.902. The van der Waals surface area contributed by atoms with Crippen molar-refractivity contribution >= 4 is 11.9 Å². The molecule has 0 saturated carbocycles. The van der Waals surface area contributed by atoms with Crippen LogP contribution in [0.5, 0.6) is 17.2 Å². The lowest BCUT2D eigenvalue weighted by atomic mass is 10.2. The molecule has 0 radical (unpaired) electrons. The van der Waals surface area contributed by atoms with Crippen molar-refractivity contribution in [3.8, 4) is 17.2 Å².